The van der Waals surface area contributed by atoms with Crippen LogP contribution in [0.5, 0.6) is 5.75 Å². The lowest BCUT2D eigenvalue weighted by atomic mass is 10.1. The van der Waals surface area contributed by atoms with Crippen molar-refractivity contribution in [1.82, 2.24) is 9.97 Å². The maximum absolute atomic E-state index is 14.0. The van der Waals surface area contributed by atoms with Crippen LogP contribution in [0.4, 0.5) is 16.0 Å². The third-order valence-electron chi connectivity index (χ3n) is 4.91. The third-order valence-corrected chi connectivity index (χ3v) is 5.14. The van der Waals surface area contributed by atoms with Crippen LogP contribution in [0.1, 0.15) is 26.7 Å². The summed E-state index contributed by atoms with van der Waals surface area (Å²) in [5.74, 6) is 1.47. The number of nitrogens with one attached hydrogen (secondary N) is 1. The van der Waals surface area contributed by atoms with Crippen molar-refractivity contribution in [3.63, 3.8) is 0 Å². The molecule has 1 aliphatic heterocycles. The van der Waals surface area contributed by atoms with E-state index in [0.717, 1.165) is 48.6 Å². The molecular weight excluding hydrogens is 391 g/mol. The Morgan fingerprint density at radius 1 is 1.10 bits per heavy atom. The van der Waals surface area contributed by atoms with Gasteiger partial charge in [0.2, 0.25) is 0 Å². The Bertz CT molecular complexity index is 1010. The fourth-order valence-corrected chi connectivity index (χ4v) is 3.68. The maximum atomic E-state index is 14.0. The van der Waals surface area contributed by atoms with E-state index < -0.39 is 5.82 Å². The molecule has 2 heterocycles. The molecular formula is C22H24ClFN4O. The van der Waals surface area contributed by atoms with Gasteiger partial charge < -0.3 is 15.0 Å². The van der Waals surface area contributed by atoms with E-state index in [1.54, 1.807) is 12.1 Å². The van der Waals surface area contributed by atoms with Gasteiger partial charge in [-0.05, 0) is 44.2 Å². The lowest BCUT2D eigenvalue weighted by Gasteiger charge is -2.34. The van der Waals surface area contributed by atoms with E-state index >= 15 is 0 Å². The molecule has 152 valence electrons. The van der Waals surface area contributed by atoms with E-state index in [9.17, 15) is 4.39 Å². The molecule has 0 saturated carbocycles. The first-order valence-electron chi connectivity index (χ1n) is 9.89. The molecule has 0 bridgehead atoms. The van der Waals surface area contributed by atoms with Gasteiger partial charge in [-0.15, -0.1) is 0 Å². The van der Waals surface area contributed by atoms with Gasteiger partial charge in [0.25, 0.3) is 0 Å². The zero-order valence-corrected chi connectivity index (χ0v) is 17.3. The lowest BCUT2D eigenvalue weighted by molar-refractivity contribution is 0.163. The van der Waals surface area contributed by atoms with E-state index in [4.69, 9.17) is 26.3 Å². The Morgan fingerprint density at radius 2 is 1.79 bits per heavy atom. The average molecular weight is 415 g/mol. The zero-order valence-electron chi connectivity index (χ0n) is 16.5. The zero-order chi connectivity index (χ0) is 20.4. The van der Waals surface area contributed by atoms with Crippen molar-refractivity contribution >= 4 is 34.3 Å². The van der Waals surface area contributed by atoms with Gasteiger partial charge in [-0.3, -0.25) is 0 Å². The molecule has 3 aromatic rings. The molecule has 1 fully saturated rings. The maximum Gasteiger partial charge on any atom is 0.172 e. The summed E-state index contributed by atoms with van der Waals surface area (Å²) in [6, 6.07) is 12.6. The van der Waals surface area contributed by atoms with E-state index in [1.807, 2.05) is 24.3 Å². The molecule has 1 aromatic heterocycles. The number of aromatic nitrogens is 2. The van der Waals surface area contributed by atoms with Crippen LogP contribution in [0.25, 0.3) is 11.0 Å². The van der Waals surface area contributed by atoms with Crippen LogP contribution in [0.2, 0.25) is 5.02 Å². The van der Waals surface area contributed by atoms with Gasteiger partial charge in [-0.2, -0.15) is 0 Å². The standard InChI is InChI=1S/C22H24ClFN4O/c1-14(2)25-21-22(27-19-6-4-3-5-18(19)26-21)28-11-9-16(10-12-28)29-20-8-7-15(23)13-17(20)24/h3-8,13-14,16H,9-12H2,1-2H3,(H,25,26). The van der Waals surface area contributed by atoms with E-state index in [0.29, 0.717) is 5.02 Å². The molecule has 0 radical (unpaired) electrons. The number of hydrogen-bond donors (Lipinski definition) is 1. The summed E-state index contributed by atoms with van der Waals surface area (Å²) in [5, 5.41) is 3.78. The van der Waals surface area contributed by atoms with Crippen molar-refractivity contribution < 1.29 is 9.13 Å². The number of benzene rings is 2. The molecule has 2 aromatic carbocycles. The number of anilines is 2. The second kappa shape index (κ2) is 8.41. The van der Waals surface area contributed by atoms with Crippen molar-refractivity contribution in [2.45, 2.75) is 38.8 Å². The van der Waals surface area contributed by atoms with E-state index in [1.165, 1.54) is 6.07 Å². The molecule has 0 spiro atoms. The lowest BCUT2D eigenvalue weighted by Crippen LogP contribution is -2.39. The number of piperidine rings is 1. The molecule has 7 heteroatoms. The molecule has 1 aliphatic rings. The number of nitrogens with zero attached hydrogens (tertiary/aromatic N) is 3. The summed E-state index contributed by atoms with van der Waals surface area (Å²) in [6.07, 6.45) is 1.51. The highest BCUT2D eigenvalue weighted by atomic mass is 35.5. The first-order chi connectivity index (χ1) is 14.0. The monoisotopic (exact) mass is 414 g/mol. The molecule has 0 atom stereocenters. The molecule has 1 saturated heterocycles. The van der Waals surface area contributed by atoms with Crippen LogP contribution in [-0.2, 0) is 0 Å². The Labute approximate surface area is 174 Å². The minimum atomic E-state index is -0.427. The summed E-state index contributed by atoms with van der Waals surface area (Å²) in [5.41, 5.74) is 1.74. The largest absolute Gasteiger partial charge is 0.487 e. The van der Waals surface area contributed by atoms with Gasteiger partial charge in [-0.1, -0.05) is 23.7 Å². The second-order valence-electron chi connectivity index (χ2n) is 7.56. The number of rotatable bonds is 5. The minimum Gasteiger partial charge on any atom is -0.487 e. The molecule has 0 aliphatic carbocycles. The summed E-state index contributed by atoms with van der Waals surface area (Å²) in [6.45, 7) is 5.70. The molecule has 29 heavy (non-hydrogen) atoms. The first-order valence-corrected chi connectivity index (χ1v) is 10.3. The molecule has 0 amide bonds. The Kier molecular flexibility index (Phi) is 5.72. The molecule has 0 unspecified atom stereocenters. The molecule has 1 N–H and O–H groups in total. The predicted octanol–water partition coefficient (Wildman–Crippen LogP) is 5.29. The van der Waals surface area contributed by atoms with Gasteiger partial charge in [0.15, 0.2) is 23.2 Å². The average Bonchev–Trinajstić information content (AvgIpc) is 2.70. The quantitative estimate of drug-likeness (QED) is 0.614. The summed E-state index contributed by atoms with van der Waals surface area (Å²) in [4.78, 5) is 11.9. The number of halogens is 2. The number of ether oxygens (including phenoxy) is 1. The second-order valence-corrected chi connectivity index (χ2v) is 8.00. The minimum absolute atomic E-state index is 0.0446. The predicted molar refractivity (Wildman–Crippen MR) is 116 cm³/mol. The summed E-state index contributed by atoms with van der Waals surface area (Å²) >= 11 is 5.82. The van der Waals surface area contributed by atoms with Crippen LogP contribution < -0.4 is 15.0 Å². The fourth-order valence-electron chi connectivity index (χ4n) is 3.52. The van der Waals surface area contributed by atoms with Crippen LogP contribution in [0.15, 0.2) is 42.5 Å². The Hall–Kier alpha value is -2.60. The van der Waals surface area contributed by atoms with Gasteiger partial charge in [0, 0.05) is 37.0 Å². The highest BCUT2D eigenvalue weighted by molar-refractivity contribution is 6.30. The Morgan fingerprint density at radius 3 is 2.45 bits per heavy atom. The van der Waals surface area contributed by atoms with Gasteiger partial charge >= 0.3 is 0 Å². The van der Waals surface area contributed by atoms with E-state index in [2.05, 4.69) is 24.1 Å². The SMILES string of the molecule is CC(C)Nc1nc2ccccc2nc1N1CCC(Oc2ccc(Cl)cc2F)CC1. The number of fused-ring (bicyclic) bond motifs is 1. The van der Waals surface area contributed by atoms with Crippen LogP contribution >= 0.6 is 11.6 Å². The third kappa shape index (κ3) is 4.53. The van der Waals surface area contributed by atoms with Crippen molar-refractivity contribution in [2.24, 2.45) is 0 Å². The van der Waals surface area contributed by atoms with Crippen molar-refractivity contribution in [1.29, 1.82) is 0 Å². The van der Waals surface area contributed by atoms with Crippen molar-refractivity contribution in [2.75, 3.05) is 23.3 Å². The van der Waals surface area contributed by atoms with Crippen molar-refractivity contribution in [3.05, 3.63) is 53.3 Å². The fraction of sp³-hybridized carbons (Fsp3) is 0.364. The molecule has 4 rings (SSSR count). The van der Waals surface area contributed by atoms with Gasteiger partial charge in [0.05, 0.1) is 11.0 Å². The highest BCUT2D eigenvalue weighted by Crippen LogP contribution is 2.30. The summed E-state index contributed by atoms with van der Waals surface area (Å²) < 4.78 is 19.9. The smallest absolute Gasteiger partial charge is 0.172 e. The van der Waals surface area contributed by atoms with E-state index in [-0.39, 0.29) is 17.9 Å². The summed E-state index contributed by atoms with van der Waals surface area (Å²) in [7, 11) is 0. The van der Waals surface area contributed by atoms with Gasteiger partial charge in [-0.25, -0.2) is 14.4 Å². The topological polar surface area (TPSA) is 50.3 Å². The van der Waals surface area contributed by atoms with Crippen LogP contribution in [0.3, 0.4) is 0 Å². The van der Waals surface area contributed by atoms with Crippen molar-refractivity contribution in [3.8, 4) is 5.75 Å². The van der Waals surface area contributed by atoms with Crippen LogP contribution in [0, 0.1) is 5.82 Å². The normalized spacial score (nSPS) is 15.1. The number of hydrogen-bond acceptors (Lipinski definition) is 5. The van der Waals surface area contributed by atoms with Gasteiger partial charge in [0.1, 0.15) is 6.10 Å². The highest BCUT2D eigenvalue weighted by Gasteiger charge is 2.25. The molecule has 5 nitrogen and oxygen atoms in total. The Balaban J connectivity index is 1.50. The number of para-hydroxylation sites is 2. The first kappa shape index (κ1) is 19.7. The van der Waals surface area contributed by atoms with Crippen LogP contribution in [-0.4, -0.2) is 35.2 Å².